The third kappa shape index (κ3) is 9.91. The Kier molecular flexibility index (Phi) is 12.1. The molecule has 1 aliphatic rings. The topological polar surface area (TPSA) is 41.9 Å². The summed E-state index contributed by atoms with van der Waals surface area (Å²) in [4.78, 5) is 14.9. The minimum atomic E-state index is 0.811. The van der Waals surface area contributed by atoms with Crippen LogP contribution in [0.2, 0.25) is 0 Å². The van der Waals surface area contributed by atoms with Crippen LogP contribution < -0.4 is 4.90 Å². The van der Waals surface area contributed by atoms with E-state index in [1.807, 2.05) is 62.6 Å². The van der Waals surface area contributed by atoms with Crippen molar-refractivity contribution in [3.05, 3.63) is 66.3 Å². The minimum Gasteiger partial charge on any atom is -0.362 e. The van der Waals surface area contributed by atoms with Crippen LogP contribution in [0.3, 0.4) is 0 Å². The molecule has 1 fully saturated rings. The number of aromatic nitrogens is 3. The van der Waals surface area contributed by atoms with Crippen molar-refractivity contribution in [2.75, 3.05) is 19.0 Å². The average Bonchev–Trinajstić information content (AvgIpc) is 2.91. The van der Waals surface area contributed by atoms with Gasteiger partial charge in [-0.25, -0.2) is 9.97 Å². The highest BCUT2D eigenvalue weighted by atomic mass is 15.1. The standard InChI is InChI=1S/C22H35N.C11H13N3/c1-3-4-7-20-11-13-22(14-12-20)10-9-19(2)6-5-8-21-15-17-23-18-16-21;1-8-12-10-7-5-4-6-9(10)11(13-8)14(2)3/h5,8,15-20,22H,3-4,6-7,9-14H2,1-2H3;4-7H,1-3H3/b8-5+;. The molecule has 1 aliphatic carbocycles. The van der Waals surface area contributed by atoms with Gasteiger partial charge in [0.15, 0.2) is 0 Å². The van der Waals surface area contributed by atoms with Crippen molar-refractivity contribution >= 4 is 22.8 Å². The molecule has 0 aliphatic heterocycles. The van der Waals surface area contributed by atoms with Crippen LogP contribution in [0.15, 0.2) is 54.9 Å². The van der Waals surface area contributed by atoms with Crippen molar-refractivity contribution < 1.29 is 0 Å². The molecule has 0 saturated heterocycles. The van der Waals surface area contributed by atoms with Crippen LogP contribution in [-0.4, -0.2) is 29.0 Å². The molecule has 4 nitrogen and oxygen atoms in total. The molecule has 4 heteroatoms. The molecule has 2 aromatic heterocycles. The molecule has 0 amide bonds. The van der Waals surface area contributed by atoms with Crippen LogP contribution in [0.5, 0.6) is 0 Å². The summed E-state index contributed by atoms with van der Waals surface area (Å²) in [6, 6.07) is 12.2. The number of hydrogen-bond acceptors (Lipinski definition) is 4. The molecule has 0 spiro atoms. The maximum absolute atomic E-state index is 4.42. The van der Waals surface area contributed by atoms with Crippen LogP contribution in [0.1, 0.15) is 89.4 Å². The Hall–Kier alpha value is -2.75. The number of unbranched alkanes of at least 4 members (excludes halogenated alkanes) is 1. The lowest BCUT2D eigenvalue weighted by atomic mass is 9.77. The van der Waals surface area contributed by atoms with Gasteiger partial charge in [-0.3, -0.25) is 4.98 Å². The highest BCUT2D eigenvalue weighted by Crippen LogP contribution is 2.35. The largest absolute Gasteiger partial charge is 0.362 e. The van der Waals surface area contributed by atoms with E-state index in [-0.39, 0.29) is 0 Å². The minimum absolute atomic E-state index is 0.811. The molecule has 37 heavy (non-hydrogen) atoms. The van der Waals surface area contributed by atoms with E-state index in [9.17, 15) is 0 Å². The Labute approximate surface area is 225 Å². The molecule has 1 saturated carbocycles. The Morgan fingerprint density at radius 2 is 1.62 bits per heavy atom. The second kappa shape index (κ2) is 15.5. The molecule has 0 N–H and O–H groups in total. The molecule has 0 radical (unpaired) electrons. The Bertz CT molecular complexity index is 1070. The van der Waals surface area contributed by atoms with E-state index in [1.54, 1.807) is 0 Å². The first-order valence-electron chi connectivity index (χ1n) is 14.4. The first-order valence-corrected chi connectivity index (χ1v) is 14.4. The Balaban J connectivity index is 0.000000231. The molecule has 4 rings (SSSR count). The van der Waals surface area contributed by atoms with E-state index in [0.29, 0.717) is 0 Å². The maximum atomic E-state index is 4.42. The van der Waals surface area contributed by atoms with E-state index in [0.717, 1.165) is 40.3 Å². The van der Waals surface area contributed by atoms with Gasteiger partial charge in [-0.15, -0.1) is 0 Å². The van der Waals surface area contributed by atoms with Gasteiger partial charge in [0.1, 0.15) is 11.6 Å². The fraction of sp³-hybridized carbons (Fsp3) is 0.545. The molecule has 1 atom stereocenters. The SMILES string of the molecule is CCCCC1CCC(CCC(C)C/C=C/c2ccncc2)CC1.Cc1nc(N(C)C)c2ccccc2n1. The second-order valence-electron chi connectivity index (χ2n) is 11.1. The Morgan fingerprint density at radius 1 is 0.946 bits per heavy atom. The number of fused-ring (bicyclic) bond motifs is 1. The van der Waals surface area contributed by atoms with Gasteiger partial charge in [0, 0.05) is 31.9 Å². The van der Waals surface area contributed by atoms with Gasteiger partial charge in [0.05, 0.1) is 5.52 Å². The monoisotopic (exact) mass is 500 g/mol. The van der Waals surface area contributed by atoms with Crippen LogP contribution >= 0.6 is 0 Å². The van der Waals surface area contributed by atoms with Gasteiger partial charge >= 0.3 is 0 Å². The van der Waals surface area contributed by atoms with Crippen molar-refractivity contribution in [1.82, 2.24) is 15.0 Å². The van der Waals surface area contributed by atoms with E-state index in [2.05, 4.69) is 53.1 Å². The first-order chi connectivity index (χ1) is 18.0. The smallest absolute Gasteiger partial charge is 0.139 e. The zero-order valence-corrected chi connectivity index (χ0v) is 23.9. The third-order valence-corrected chi connectivity index (χ3v) is 7.67. The van der Waals surface area contributed by atoms with E-state index in [1.165, 1.54) is 69.8 Å². The van der Waals surface area contributed by atoms with Crippen LogP contribution in [0.25, 0.3) is 17.0 Å². The summed E-state index contributed by atoms with van der Waals surface area (Å²) in [5, 5.41) is 1.10. The summed E-state index contributed by atoms with van der Waals surface area (Å²) >= 11 is 0. The maximum Gasteiger partial charge on any atom is 0.139 e. The Morgan fingerprint density at radius 3 is 2.30 bits per heavy atom. The molecule has 1 unspecified atom stereocenters. The van der Waals surface area contributed by atoms with Crippen LogP contribution in [0.4, 0.5) is 5.82 Å². The number of hydrogen-bond donors (Lipinski definition) is 0. The molecule has 0 bridgehead atoms. The summed E-state index contributed by atoms with van der Waals surface area (Å²) < 4.78 is 0. The molecule has 3 aromatic rings. The zero-order valence-electron chi connectivity index (χ0n) is 23.9. The molecular weight excluding hydrogens is 452 g/mol. The van der Waals surface area contributed by atoms with E-state index < -0.39 is 0 Å². The number of rotatable bonds is 10. The van der Waals surface area contributed by atoms with Gasteiger partial charge in [-0.05, 0) is 60.9 Å². The third-order valence-electron chi connectivity index (χ3n) is 7.67. The predicted octanol–water partition coefficient (Wildman–Crippen LogP) is 8.90. The van der Waals surface area contributed by atoms with E-state index >= 15 is 0 Å². The molecule has 1 aromatic carbocycles. The fourth-order valence-electron chi connectivity index (χ4n) is 5.36. The van der Waals surface area contributed by atoms with Crippen molar-refractivity contribution in [3.8, 4) is 0 Å². The van der Waals surface area contributed by atoms with Crippen molar-refractivity contribution in [3.63, 3.8) is 0 Å². The number of aryl methyl sites for hydroxylation is 1. The number of benzene rings is 1. The highest BCUT2D eigenvalue weighted by Gasteiger charge is 2.20. The van der Waals surface area contributed by atoms with Gasteiger partial charge in [0.25, 0.3) is 0 Å². The normalized spacial score (nSPS) is 18.4. The van der Waals surface area contributed by atoms with Crippen LogP contribution in [-0.2, 0) is 0 Å². The van der Waals surface area contributed by atoms with Crippen molar-refractivity contribution in [1.29, 1.82) is 0 Å². The number of anilines is 1. The van der Waals surface area contributed by atoms with Crippen molar-refractivity contribution in [2.45, 2.75) is 85.0 Å². The van der Waals surface area contributed by atoms with Gasteiger partial charge < -0.3 is 4.90 Å². The summed E-state index contributed by atoms with van der Waals surface area (Å²) in [5.41, 5.74) is 2.27. The highest BCUT2D eigenvalue weighted by molar-refractivity contribution is 5.89. The van der Waals surface area contributed by atoms with Crippen molar-refractivity contribution in [2.24, 2.45) is 17.8 Å². The second-order valence-corrected chi connectivity index (χ2v) is 11.1. The quantitative estimate of drug-likeness (QED) is 0.279. The van der Waals surface area contributed by atoms with Crippen LogP contribution in [0, 0.1) is 24.7 Å². The lowest BCUT2D eigenvalue weighted by molar-refractivity contribution is 0.239. The number of para-hydroxylation sites is 1. The van der Waals surface area contributed by atoms with Gasteiger partial charge in [0.2, 0.25) is 0 Å². The lowest BCUT2D eigenvalue weighted by Crippen LogP contribution is -2.15. The van der Waals surface area contributed by atoms with Gasteiger partial charge in [-0.2, -0.15) is 0 Å². The van der Waals surface area contributed by atoms with Gasteiger partial charge in [-0.1, -0.05) is 95.9 Å². The number of pyridine rings is 1. The summed E-state index contributed by atoms with van der Waals surface area (Å²) in [6.07, 6.45) is 22.6. The summed E-state index contributed by atoms with van der Waals surface area (Å²) in [6.45, 7) is 6.64. The fourth-order valence-corrected chi connectivity index (χ4v) is 5.36. The average molecular weight is 501 g/mol. The molecule has 2 heterocycles. The van der Waals surface area contributed by atoms with E-state index in [4.69, 9.17) is 0 Å². The lowest BCUT2D eigenvalue weighted by Gasteiger charge is -2.29. The molecular formula is C33H48N4. The predicted molar refractivity (Wildman–Crippen MR) is 160 cm³/mol. The zero-order chi connectivity index (χ0) is 26.5. The number of allylic oxidation sites excluding steroid dienone is 1. The molecule has 200 valence electrons. The summed E-state index contributed by atoms with van der Waals surface area (Å²) in [7, 11) is 3.99. The first kappa shape index (κ1) is 28.8. The summed E-state index contributed by atoms with van der Waals surface area (Å²) in [5.74, 6) is 4.66. The number of nitrogens with zero attached hydrogens (tertiary/aromatic N) is 4.